The summed E-state index contributed by atoms with van der Waals surface area (Å²) in [5.41, 5.74) is 0.880. The van der Waals surface area contributed by atoms with Gasteiger partial charge in [-0.3, -0.25) is 4.79 Å². The van der Waals surface area contributed by atoms with Crippen molar-refractivity contribution in [2.24, 2.45) is 0 Å². The van der Waals surface area contributed by atoms with E-state index in [2.05, 4.69) is 19.2 Å². The summed E-state index contributed by atoms with van der Waals surface area (Å²) in [6.07, 6.45) is 1.81. The number of carbonyl (C=O) groups is 1. The van der Waals surface area contributed by atoms with Gasteiger partial charge in [-0.15, -0.1) is 11.8 Å². The molecule has 0 spiro atoms. The molecular weight excluding hydrogens is 318 g/mol. The summed E-state index contributed by atoms with van der Waals surface area (Å²) >= 11 is 14.2. The van der Waals surface area contributed by atoms with Crippen molar-refractivity contribution in [2.45, 2.75) is 24.0 Å². The van der Waals surface area contributed by atoms with Gasteiger partial charge in [0, 0.05) is 20.7 Å². The minimum absolute atomic E-state index is 0.157. The van der Waals surface area contributed by atoms with E-state index in [-0.39, 0.29) is 5.91 Å². The molecule has 1 aliphatic rings. The number of benzene rings is 1. The molecule has 0 aliphatic carbocycles. The number of halogens is 1. The van der Waals surface area contributed by atoms with E-state index >= 15 is 0 Å². The zero-order valence-electron chi connectivity index (χ0n) is 10.4. The van der Waals surface area contributed by atoms with E-state index in [0.29, 0.717) is 19.5 Å². The Hall–Kier alpha value is -0.490. The molecule has 1 heterocycles. The van der Waals surface area contributed by atoms with Crippen molar-refractivity contribution in [3.05, 3.63) is 33.7 Å². The van der Waals surface area contributed by atoms with Crippen LogP contribution >= 0.6 is 47.3 Å². The van der Waals surface area contributed by atoms with Crippen LogP contribution in [0.4, 0.5) is 0 Å². The average molecular weight is 330 g/mol. The summed E-state index contributed by atoms with van der Waals surface area (Å²) in [4.78, 5) is 13.4. The molecule has 2 nitrogen and oxygen atoms in total. The standard InChI is InChI=1S/C13H12ClNOS3/c1-7(2)18-10-5-3-4-9(14)8(10)6-11-12(16)15-13(17)19-11/h3-7H,1-2H3,(H,15,16,17)/b11-6-. The predicted octanol–water partition coefficient (Wildman–Crippen LogP) is 4.33. The molecule has 1 amide bonds. The lowest BCUT2D eigenvalue weighted by molar-refractivity contribution is -0.115. The van der Waals surface area contributed by atoms with Gasteiger partial charge in [0.15, 0.2) is 0 Å². The highest BCUT2D eigenvalue weighted by molar-refractivity contribution is 8.26. The van der Waals surface area contributed by atoms with Crippen LogP contribution in [0, 0.1) is 0 Å². The first kappa shape index (κ1) is 14.9. The van der Waals surface area contributed by atoms with Crippen LogP contribution < -0.4 is 5.32 Å². The summed E-state index contributed by atoms with van der Waals surface area (Å²) in [6, 6.07) is 5.76. The minimum Gasteiger partial charge on any atom is -0.307 e. The quantitative estimate of drug-likeness (QED) is 0.508. The maximum absolute atomic E-state index is 11.7. The molecule has 0 bridgehead atoms. The lowest BCUT2D eigenvalue weighted by atomic mass is 10.2. The van der Waals surface area contributed by atoms with Gasteiger partial charge in [0.2, 0.25) is 0 Å². The Morgan fingerprint density at radius 2 is 2.21 bits per heavy atom. The van der Waals surface area contributed by atoms with Gasteiger partial charge in [0.05, 0.1) is 4.91 Å². The van der Waals surface area contributed by atoms with Crippen molar-refractivity contribution in [3.63, 3.8) is 0 Å². The van der Waals surface area contributed by atoms with E-state index in [1.807, 2.05) is 24.3 Å². The zero-order valence-corrected chi connectivity index (χ0v) is 13.6. The van der Waals surface area contributed by atoms with E-state index in [1.54, 1.807) is 11.8 Å². The molecule has 1 aromatic rings. The van der Waals surface area contributed by atoms with Crippen molar-refractivity contribution in [2.75, 3.05) is 0 Å². The molecule has 0 radical (unpaired) electrons. The van der Waals surface area contributed by atoms with Crippen LogP contribution in [0.5, 0.6) is 0 Å². The van der Waals surface area contributed by atoms with Crippen LogP contribution in [0.1, 0.15) is 19.4 Å². The first-order valence-electron chi connectivity index (χ1n) is 5.67. The summed E-state index contributed by atoms with van der Waals surface area (Å²) in [5, 5.41) is 3.69. The normalized spacial score (nSPS) is 17.4. The first-order chi connectivity index (χ1) is 8.97. The molecule has 19 heavy (non-hydrogen) atoms. The number of hydrogen-bond donors (Lipinski definition) is 1. The molecule has 0 saturated carbocycles. The fourth-order valence-corrected chi connectivity index (χ4v) is 3.84. The summed E-state index contributed by atoms with van der Waals surface area (Å²) < 4.78 is 0.487. The average Bonchev–Trinajstić information content (AvgIpc) is 2.61. The fraction of sp³-hybridized carbons (Fsp3) is 0.231. The van der Waals surface area contributed by atoms with Crippen LogP contribution in [0.2, 0.25) is 5.02 Å². The van der Waals surface area contributed by atoms with Gasteiger partial charge in [-0.1, -0.05) is 55.5 Å². The van der Waals surface area contributed by atoms with Gasteiger partial charge in [0.25, 0.3) is 5.91 Å². The maximum Gasteiger partial charge on any atom is 0.263 e. The summed E-state index contributed by atoms with van der Waals surface area (Å²) in [6.45, 7) is 4.24. The van der Waals surface area contributed by atoms with E-state index < -0.39 is 0 Å². The largest absolute Gasteiger partial charge is 0.307 e. The van der Waals surface area contributed by atoms with Gasteiger partial charge >= 0.3 is 0 Å². The fourth-order valence-electron chi connectivity index (χ4n) is 1.57. The van der Waals surface area contributed by atoms with E-state index in [9.17, 15) is 4.79 Å². The van der Waals surface area contributed by atoms with Crippen molar-refractivity contribution in [1.82, 2.24) is 5.32 Å². The number of thioether (sulfide) groups is 2. The number of carbonyl (C=O) groups excluding carboxylic acids is 1. The van der Waals surface area contributed by atoms with Crippen LogP contribution in [0.15, 0.2) is 28.0 Å². The topological polar surface area (TPSA) is 29.1 Å². The molecule has 100 valence electrons. The summed E-state index contributed by atoms with van der Waals surface area (Å²) in [5.74, 6) is -0.157. The number of nitrogens with one attached hydrogen (secondary N) is 1. The SMILES string of the molecule is CC(C)Sc1cccc(Cl)c1/C=C1\SC(=S)NC1=O. The highest BCUT2D eigenvalue weighted by atomic mass is 35.5. The Labute approximate surface area is 131 Å². The van der Waals surface area contributed by atoms with E-state index in [4.69, 9.17) is 23.8 Å². The van der Waals surface area contributed by atoms with Crippen molar-refractivity contribution in [3.8, 4) is 0 Å². The molecular formula is C13H12ClNOS3. The summed E-state index contributed by atoms with van der Waals surface area (Å²) in [7, 11) is 0. The van der Waals surface area contributed by atoms with Crippen LogP contribution in [0.25, 0.3) is 6.08 Å². The smallest absolute Gasteiger partial charge is 0.263 e. The van der Waals surface area contributed by atoms with Gasteiger partial charge in [-0.25, -0.2) is 0 Å². The third-order valence-corrected chi connectivity index (χ3v) is 4.87. The van der Waals surface area contributed by atoms with E-state index in [0.717, 1.165) is 10.5 Å². The second-order valence-corrected chi connectivity index (χ2v) is 7.91. The maximum atomic E-state index is 11.7. The zero-order chi connectivity index (χ0) is 14.0. The monoisotopic (exact) mass is 329 g/mol. The highest BCUT2D eigenvalue weighted by Crippen LogP contribution is 2.35. The number of thiocarbonyl (C=S) groups is 1. The Morgan fingerprint density at radius 1 is 1.47 bits per heavy atom. The molecule has 1 N–H and O–H groups in total. The van der Waals surface area contributed by atoms with Crippen molar-refractivity contribution < 1.29 is 4.79 Å². The van der Waals surface area contributed by atoms with Gasteiger partial charge in [-0.2, -0.15) is 0 Å². The molecule has 1 fully saturated rings. The molecule has 6 heteroatoms. The van der Waals surface area contributed by atoms with Crippen LogP contribution in [-0.4, -0.2) is 15.5 Å². The van der Waals surface area contributed by atoms with E-state index in [1.165, 1.54) is 11.8 Å². The first-order valence-corrected chi connectivity index (χ1v) is 8.15. The molecule has 2 rings (SSSR count). The lowest BCUT2D eigenvalue weighted by Crippen LogP contribution is -2.17. The van der Waals surface area contributed by atoms with Crippen LogP contribution in [0.3, 0.4) is 0 Å². The number of amides is 1. The molecule has 0 atom stereocenters. The van der Waals surface area contributed by atoms with Crippen LogP contribution in [-0.2, 0) is 4.79 Å². The molecule has 1 aliphatic heterocycles. The Balaban J connectivity index is 2.41. The second-order valence-electron chi connectivity index (χ2n) is 4.17. The molecule has 1 aromatic carbocycles. The third kappa shape index (κ3) is 3.75. The lowest BCUT2D eigenvalue weighted by Gasteiger charge is -2.10. The molecule has 0 unspecified atom stereocenters. The van der Waals surface area contributed by atoms with Crippen molar-refractivity contribution in [1.29, 1.82) is 0 Å². The Kier molecular flexibility index (Phi) is 4.95. The van der Waals surface area contributed by atoms with Gasteiger partial charge < -0.3 is 5.32 Å². The molecule has 0 aromatic heterocycles. The minimum atomic E-state index is -0.157. The van der Waals surface area contributed by atoms with Crippen molar-refractivity contribution >= 4 is 63.6 Å². The predicted molar refractivity (Wildman–Crippen MR) is 88.8 cm³/mol. The second kappa shape index (κ2) is 6.31. The van der Waals surface area contributed by atoms with Gasteiger partial charge in [-0.05, 0) is 18.2 Å². The third-order valence-electron chi connectivity index (χ3n) is 2.29. The Morgan fingerprint density at radius 3 is 2.79 bits per heavy atom. The van der Waals surface area contributed by atoms with Gasteiger partial charge in [0.1, 0.15) is 4.32 Å². The number of hydrogen-bond acceptors (Lipinski definition) is 4. The molecule has 1 saturated heterocycles. The number of rotatable bonds is 3. The Bertz CT molecular complexity index is 569. The highest BCUT2D eigenvalue weighted by Gasteiger charge is 2.23.